The first-order valence-corrected chi connectivity index (χ1v) is 7.06. The molecule has 0 aliphatic carbocycles. The van der Waals surface area contributed by atoms with Gasteiger partial charge in [-0.25, -0.2) is 0 Å². The molecule has 0 saturated carbocycles. The number of likely N-dealkylation sites (N-methyl/N-ethyl adjacent to an activating group) is 1. The maximum absolute atomic E-state index is 11.9. The lowest BCUT2D eigenvalue weighted by molar-refractivity contribution is -0.121. The maximum Gasteiger partial charge on any atom is 0.242 e. The van der Waals surface area contributed by atoms with Crippen LogP contribution in [0.4, 0.5) is 11.4 Å². The van der Waals surface area contributed by atoms with Crippen molar-refractivity contribution in [3.05, 3.63) is 18.2 Å². The van der Waals surface area contributed by atoms with Gasteiger partial charge in [-0.3, -0.25) is 4.79 Å². The zero-order chi connectivity index (χ0) is 14.7. The summed E-state index contributed by atoms with van der Waals surface area (Å²) in [6.45, 7) is 4.82. The molecule has 1 aromatic rings. The van der Waals surface area contributed by atoms with Crippen LogP contribution in [0.2, 0.25) is 0 Å². The average molecular weight is 277 g/mol. The topological polar surface area (TPSA) is 67.6 Å². The van der Waals surface area contributed by atoms with Gasteiger partial charge in [-0.15, -0.1) is 0 Å². The fourth-order valence-corrected chi connectivity index (χ4v) is 2.63. The number of carbonyl (C=O) groups excluding carboxylic acids is 1. The minimum absolute atomic E-state index is 0.0521. The molecular formula is C15H23N3O2. The monoisotopic (exact) mass is 277 g/mol. The first-order chi connectivity index (χ1) is 9.51. The van der Waals surface area contributed by atoms with Gasteiger partial charge in [-0.05, 0) is 32.8 Å². The van der Waals surface area contributed by atoms with Gasteiger partial charge < -0.3 is 20.7 Å². The van der Waals surface area contributed by atoms with Crippen molar-refractivity contribution in [2.24, 2.45) is 0 Å². The average Bonchev–Trinajstić information content (AvgIpc) is 2.85. The Morgan fingerprint density at radius 2 is 2.20 bits per heavy atom. The third-order valence-electron chi connectivity index (χ3n) is 3.42. The van der Waals surface area contributed by atoms with Gasteiger partial charge in [0.2, 0.25) is 5.91 Å². The van der Waals surface area contributed by atoms with Crippen LogP contribution in [0.15, 0.2) is 18.2 Å². The number of hydrogen-bond donors (Lipinski definition) is 2. The van der Waals surface area contributed by atoms with Crippen molar-refractivity contribution in [3.63, 3.8) is 0 Å². The Bertz CT molecular complexity index is 488. The van der Waals surface area contributed by atoms with Crippen LogP contribution in [-0.4, -0.2) is 31.6 Å². The molecule has 110 valence electrons. The molecule has 0 spiro atoms. The summed E-state index contributed by atoms with van der Waals surface area (Å²) in [4.78, 5) is 14.0. The summed E-state index contributed by atoms with van der Waals surface area (Å²) in [5, 5.41) is 2.72. The van der Waals surface area contributed by atoms with Crippen LogP contribution >= 0.6 is 0 Å². The number of nitrogen functional groups attached to an aromatic ring is 1. The summed E-state index contributed by atoms with van der Waals surface area (Å²) in [7, 11) is 1.67. The second-order valence-corrected chi connectivity index (χ2v) is 5.39. The molecule has 1 unspecified atom stereocenters. The first-order valence-electron chi connectivity index (χ1n) is 7.06. The number of hydrogen-bond acceptors (Lipinski definition) is 4. The second-order valence-electron chi connectivity index (χ2n) is 5.39. The van der Waals surface area contributed by atoms with E-state index in [1.54, 1.807) is 7.05 Å². The van der Waals surface area contributed by atoms with Crippen molar-refractivity contribution in [1.29, 1.82) is 0 Å². The molecule has 1 fully saturated rings. The van der Waals surface area contributed by atoms with E-state index in [0.29, 0.717) is 5.69 Å². The molecule has 0 bridgehead atoms. The molecule has 0 radical (unpaired) electrons. The molecule has 5 heteroatoms. The molecule has 1 aliphatic heterocycles. The van der Waals surface area contributed by atoms with E-state index in [9.17, 15) is 4.79 Å². The van der Waals surface area contributed by atoms with Gasteiger partial charge in [0.1, 0.15) is 11.8 Å². The Morgan fingerprint density at radius 1 is 1.45 bits per heavy atom. The highest BCUT2D eigenvalue weighted by atomic mass is 16.5. The normalized spacial score (nSPS) is 18.4. The maximum atomic E-state index is 11.9. The molecule has 1 heterocycles. The van der Waals surface area contributed by atoms with Crippen LogP contribution in [0.25, 0.3) is 0 Å². The summed E-state index contributed by atoms with van der Waals surface area (Å²) in [5.74, 6) is 0.800. The molecule has 1 atom stereocenters. The van der Waals surface area contributed by atoms with Gasteiger partial charge in [0, 0.05) is 37.1 Å². The van der Waals surface area contributed by atoms with Gasteiger partial charge >= 0.3 is 0 Å². The molecule has 1 saturated heterocycles. The molecule has 1 amide bonds. The lowest BCUT2D eigenvalue weighted by Crippen LogP contribution is -2.42. The van der Waals surface area contributed by atoms with Gasteiger partial charge in [0.15, 0.2) is 0 Å². The highest BCUT2D eigenvalue weighted by molar-refractivity contribution is 5.86. The highest BCUT2D eigenvalue weighted by Crippen LogP contribution is 2.31. The number of rotatable bonds is 4. The predicted octanol–water partition coefficient (Wildman–Crippen LogP) is 1.77. The van der Waals surface area contributed by atoms with Gasteiger partial charge in [-0.2, -0.15) is 0 Å². The third-order valence-corrected chi connectivity index (χ3v) is 3.42. The fourth-order valence-electron chi connectivity index (χ4n) is 2.63. The number of ether oxygens (including phenoxy) is 1. The number of benzene rings is 1. The van der Waals surface area contributed by atoms with E-state index in [1.165, 1.54) is 0 Å². The Hall–Kier alpha value is -1.91. The minimum Gasteiger partial charge on any atom is -0.491 e. The van der Waals surface area contributed by atoms with Gasteiger partial charge in [0.05, 0.1) is 6.10 Å². The largest absolute Gasteiger partial charge is 0.491 e. The number of carbonyl (C=O) groups is 1. The van der Waals surface area contributed by atoms with E-state index in [0.717, 1.165) is 30.8 Å². The van der Waals surface area contributed by atoms with Crippen molar-refractivity contribution >= 4 is 17.3 Å². The van der Waals surface area contributed by atoms with Crippen molar-refractivity contribution in [2.75, 3.05) is 24.2 Å². The lowest BCUT2D eigenvalue weighted by atomic mass is 10.2. The SMILES string of the molecule is CNC(=O)C1CCCN1c1cc(N)cc(OC(C)C)c1. The standard InChI is InChI=1S/C15H23N3O2/c1-10(2)20-13-8-11(16)7-12(9-13)18-6-4-5-14(18)15(19)17-3/h7-10,14H,4-6,16H2,1-3H3,(H,17,19). The van der Waals surface area contributed by atoms with E-state index in [2.05, 4.69) is 10.2 Å². The van der Waals surface area contributed by atoms with E-state index < -0.39 is 0 Å². The van der Waals surface area contributed by atoms with Crippen LogP contribution in [0.3, 0.4) is 0 Å². The first kappa shape index (κ1) is 14.5. The third kappa shape index (κ3) is 3.15. The molecule has 3 N–H and O–H groups in total. The molecule has 20 heavy (non-hydrogen) atoms. The van der Waals surface area contributed by atoms with Gasteiger partial charge in [0.25, 0.3) is 0 Å². The Labute approximate surface area is 120 Å². The van der Waals surface area contributed by atoms with Crippen LogP contribution in [0.5, 0.6) is 5.75 Å². The zero-order valence-electron chi connectivity index (χ0n) is 12.3. The van der Waals surface area contributed by atoms with Crippen molar-refractivity contribution in [2.45, 2.75) is 38.8 Å². The Morgan fingerprint density at radius 3 is 2.85 bits per heavy atom. The van der Waals surface area contributed by atoms with Crippen LogP contribution in [0, 0.1) is 0 Å². The fraction of sp³-hybridized carbons (Fsp3) is 0.533. The van der Waals surface area contributed by atoms with Crippen LogP contribution in [0.1, 0.15) is 26.7 Å². The molecule has 2 rings (SSSR count). The highest BCUT2D eigenvalue weighted by Gasteiger charge is 2.30. The quantitative estimate of drug-likeness (QED) is 0.823. The lowest BCUT2D eigenvalue weighted by Gasteiger charge is -2.26. The van der Waals surface area contributed by atoms with Crippen LogP contribution < -0.4 is 20.7 Å². The molecule has 1 aliphatic rings. The summed E-state index contributed by atoms with van der Waals surface area (Å²) >= 11 is 0. The minimum atomic E-state index is -0.117. The van der Waals surface area contributed by atoms with Crippen LogP contribution in [-0.2, 0) is 4.79 Å². The van der Waals surface area contributed by atoms with E-state index >= 15 is 0 Å². The molecule has 1 aromatic carbocycles. The predicted molar refractivity (Wildman–Crippen MR) is 81.1 cm³/mol. The summed E-state index contributed by atoms with van der Waals surface area (Å²) in [6, 6.07) is 5.55. The van der Waals surface area contributed by atoms with Crippen molar-refractivity contribution in [1.82, 2.24) is 5.32 Å². The second kappa shape index (κ2) is 6.03. The summed E-state index contributed by atoms with van der Waals surface area (Å²) < 4.78 is 5.71. The van der Waals surface area contributed by atoms with E-state index in [-0.39, 0.29) is 18.1 Å². The number of nitrogens with two attached hydrogens (primary N) is 1. The van der Waals surface area contributed by atoms with E-state index in [1.807, 2.05) is 32.0 Å². The van der Waals surface area contributed by atoms with Gasteiger partial charge in [-0.1, -0.05) is 0 Å². The van der Waals surface area contributed by atoms with Crippen molar-refractivity contribution in [3.8, 4) is 5.75 Å². The number of nitrogens with one attached hydrogen (secondary N) is 1. The number of amides is 1. The molecule has 0 aromatic heterocycles. The number of nitrogens with zero attached hydrogens (tertiary/aromatic N) is 1. The Kier molecular flexibility index (Phi) is 4.37. The Balaban J connectivity index is 2.27. The summed E-state index contributed by atoms with van der Waals surface area (Å²) in [6.07, 6.45) is 1.97. The smallest absolute Gasteiger partial charge is 0.242 e. The number of anilines is 2. The summed E-state index contributed by atoms with van der Waals surface area (Å²) in [5.41, 5.74) is 7.55. The zero-order valence-corrected chi connectivity index (χ0v) is 12.3. The molecular weight excluding hydrogens is 254 g/mol. The van der Waals surface area contributed by atoms with Crippen molar-refractivity contribution < 1.29 is 9.53 Å². The van der Waals surface area contributed by atoms with E-state index in [4.69, 9.17) is 10.5 Å². The molecule has 5 nitrogen and oxygen atoms in total.